The molecule has 3 aliphatic rings. The number of nitrogens with zero attached hydrogens (tertiary/aromatic N) is 1. The molecule has 0 unspecified atom stereocenters. The first-order valence-electron chi connectivity index (χ1n) is 8.98. The number of rotatable bonds is 2. The van der Waals surface area contributed by atoms with E-state index in [1.807, 2.05) is 0 Å². The van der Waals surface area contributed by atoms with Crippen LogP contribution in [0.2, 0.25) is 0 Å². The average molecular weight is 335 g/mol. The molecule has 4 heteroatoms. The van der Waals surface area contributed by atoms with Gasteiger partial charge in [0.1, 0.15) is 0 Å². The second kappa shape index (κ2) is 6.82. The van der Waals surface area contributed by atoms with E-state index >= 15 is 0 Å². The summed E-state index contributed by atoms with van der Waals surface area (Å²) in [4.78, 5) is 15.1. The van der Waals surface area contributed by atoms with Crippen LogP contribution in [0.3, 0.4) is 0 Å². The van der Waals surface area contributed by atoms with Crippen molar-refractivity contribution in [2.45, 2.75) is 57.4 Å². The molecule has 0 spiro atoms. The summed E-state index contributed by atoms with van der Waals surface area (Å²) in [7, 11) is 0. The van der Waals surface area contributed by atoms with Crippen molar-refractivity contribution in [1.82, 2.24) is 10.2 Å². The van der Waals surface area contributed by atoms with E-state index in [2.05, 4.69) is 29.3 Å². The lowest BCUT2D eigenvalue weighted by Crippen LogP contribution is -2.44. The lowest BCUT2D eigenvalue weighted by atomic mass is 9.80. The van der Waals surface area contributed by atoms with Gasteiger partial charge in [-0.25, -0.2) is 0 Å². The Kier molecular flexibility index (Phi) is 4.98. The minimum atomic E-state index is 0. The van der Waals surface area contributed by atoms with Crippen LogP contribution in [-0.2, 0) is 6.42 Å². The molecule has 0 aromatic heterocycles. The van der Waals surface area contributed by atoms with Crippen LogP contribution in [0, 0.1) is 0 Å². The molecule has 1 aromatic rings. The smallest absolute Gasteiger partial charge is 0.255 e. The molecule has 1 amide bonds. The maximum Gasteiger partial charge on any atom is 0.255 e. The molecule has 0 bridgehead atoms. The van der Waals surface area contributed by atoms with E-state index in [-0.39, 0.29) is 18.4 Å². The van der Waals surface area contributed by atoms with E-state index in [9.17, 15) is 4.79 Å². The van der Waals surface area contributed by atoms with Gasteiger partial charge in [-0.05, 0) is 41.9 Å². The van der Waals surface area contributed by atoms with Gasteiger partial charge in [0.15, 0.2) is 0 Å². The maximum atomic E-state index is 13.0. The van der Waals surface area contributed by atoms with E-state index < -0.39 is 0 Å². The molecule has 2 fully saturated rings. The highest BCUT2D eigenvalue weighted by Crippen LogP contribution is 2.42. The topological polar surface area (TPSA) is 32.3 Å². The highest BCUT2D eigenvalue weighted by molar-refractivity contribution is 6.01. The van der Waals surface area contributed by atoms with Crippen molar-refractivity contribution in [1.29, 1.82) is 0 Å². The molecule has 1 saturated carbocycles. The number of piperazine rings is 1. The molecule has 2 aliphatic heterocycles. The molecule has 1 atom stereocenters. The van der Waals surface area contributed by atoms with Gasteiger partial charge in [-0.1, -0.05) is 38.3 Å². The third-order valence-corrected chi connectivity index (χ3v) is 5.79. The van der Waals surface area contributed by atoms with Crippen molar-refractivity contribution in [2.24, 2.45) is 0 Å². The zero-order valence-electron chi connectivity index (χ0n) is 13.9. The van der Waals surface area contributed by atoms with E-state index in [0.29, 0.717) is 11.8 Å². The summed E-state index contributed by atoms with van der Waals surface area (Å²) in [6.45, 7) is 4.91. The summed E-state index contributed by atoms with van der Waals surface area (Å²) < 4.78 is 0. The Bertz CT molecular complexity index is 595. The Morgan fingerprint density at radius 1 is 1.17 bits per heavy atom. The number of hydrogen-bond acceptors (Lipinski definition) is 2. The number of nitrogens with one attached hydrogen (secondary N) is 1. The van der Waals surface area contributed by atoms with Gasteiger partial charge in [0.2, 0.25) is 0 Å². The number of carbonyl (C=O) groups is 1. The number of halogens is 1. The summed E-state index contributed by atoms with van der Waals surface area (Å²) in [5, 5.41) is 3.46. The summed E-state index contributed by atoms with van der Waals surface area (Å²) in [6.07, 6.45) is 7.57. The lowest BCUT2D eigenvalue weighted by molar-refractivity contribution is 0.0689. The fraction of sp³-hybridized carbons (Fsp3) is 0.632. The number of carbonyl (C=O) groups excluding carboxylic acids is 1. The van der Waals surface area contributed by atoms with Crippen LogP contribution >= 0.6 is 12.4 Å². The number of aryl methyl sites for hydroxylation is 1. The molecule has 1 N–H and O–H groups in total. The molecule has 2 heterocycles. The van der Waals surface area contributed by atoms with E-state index in [1.165, 1.54) is 48.8 Å². The Morgan fingerprint density at radius 2 is 1.91 bits per heavy atom. The van der Waals surface area contributed by atoms with Gasteiger partial charge in [0, 0.05) is 25.2 Å². The second-order valence-electron chi connectivity index (χ2n) is 7.06. The van der Waals surface area contributed by atoms with Gasteiger partial charge in [0.05, 0.1) is 6.04 Å². The van der Waals surface area contributed by atoms with Crippen LogP contribution in [0.15, 0.2) is 12.1 Å². The highest BCUT2D eigenvalue weighted by Gasteiger charge is 2.40. The molecule has 4 rings (SSSR count). The first-order chi connectivity index (χ1) is 10.8. The number of benzene rings is 1. The SMILES string of the molecule is CCc1cc(C2CCCCC2)c2c(c1)[C@@H]1CNCCN1C2=O.Cl. The predicted octanol–water partition coefficient (Wildman–Crippen LogP) is 3.82. The van der Waals surface area contributed by atoms with Gasteiger partial charge in [0.25, 0.3) is 5.91 Å². The monoisotopic (exact) mass is 334 g/mol. The van der Waals surface area contributed by atoms with E-state index in [4.69, 9.17) is 0 Å². The standard InChI is InChI=1S/C19H26N2O.ClH/c1-2-13-10-15(14-6-4-3-5-7-14)18-16(11-13)17-12-20-8-9-21(17)19(18)22;/h10-11,14,17,20H,2-9,12H2,1H3;1H/t17-;/m0./s1. The van der Waals surface area contributed by atoms with Gasteiger partial charge in [-0.15, -0.1) is 12.4 Å². The first-order valence-corrected chi connectivity index (χ1v) is 8.98. The summed E-state index contributed by atoms with van der Waals surface area (Å²) in [5.41, 5.74) is 5.14. The highest BCUT2D eigenvalue weighted by atomic mass is 35.5. The Morgan fingerprint density at radius 3 is 2.65 bits per heavy atom. The van der Waals surface area contributed by atoms with E-state index in [1.54, 1.807) is 0 Å². The van der Waals surface area contributed by atoms with E-state index in [0.717, 1.165) is 31.6 Å². The molecule has 23 heavy (non-hydrogen) atoms. The average Bonchev–Trinajstić information content (AvgIpc) is 2.88. The van der Waals surface area contributed by atoms with Crippen LogP contribution < -0.4 is 5.32 Å². The van der Waals surface area contributed by atoms with Crippen LogP contribution in [-0.4, -0.2) is 30.4 Å². The Labute approximate surface area is 145 Å². The number of amides is 1. The van der Waals surface area contributed by atoms with Crippen LogP contribution in [0.25, 0.3) is 0 Å². The molecule has 1 saturated heterocycles. The maximum absolute atomic E-state index is 13.0. The third kappa shape index (κ3) is 2.78. The van der Waals surface area contributed by atoms with Crippen molar-refractivity contribution >= 4 is 18.3 Å². The molecular formula is C19H27ClN2O. The molecular weight excluding hydrogens is 308 g/mol. The summed E-state index contributed by atoms with van der Waals surface area (Å²) >= 11 is 0. The molecule has 1 aromatic carbocycles. The molecule has 0 radical (unpaired) electrons. The van der Waals surface area contributed by atoms with Crippen molar-refractivity contribution < 1.29 is 4.79 Å². The largest absolute Gasteiger partial charge is 0.329 e. The second-order valence-corrected chi connectivity index (χ2v) is 7.06. The van der Waals surface area contributed by atoms with Crippen molar-refractivity contribution in [3.8, 4) is 0 Å². The van der Waals surface area contributed by atoms with Crippen molar-refractivity contribution in [3.05, 3.63) is 34.4 Å². The van der Waals surface area contributed by atoms with Crippen molar-refractivity contribution in [2.75, 3.05) is 19.6 Å². The minimum Gasteiger partial charge on any atom is -0.329 e. The quantitative estimate of drug-likeness (QED) is 0.891. The minimum absolute atomic E-state index is 0. The normalized spacial score (nSPS) is 24.1. The molecule has 3 nitrogen and oxygen atoms in total. The number of hydrogen-bond donors (Lipinski definition) is 1. The summed E-state index contributed by atoms with van der Waals surface area (Å²) in [5.74, 6) is 0.900. The van der Waals surface area contributed by atoms with Gasteiger partial charge in [-0.2, -0.15) is 0 Å². The zero-order chi connectivity index (χ0) is 15.1. The summed E-state index contributed by atoms with van der Waals surface area (Å²) in [6, 6.07) is 4.92. The predicted molar refractivity (Wildman–Crippen MR) is 95.5 cm³/mol. The van der Waals surface area contributed by atoms with Gasteiger partial charge >= 0.3 is 0 Å². The fourth-order valence-corrected chi connectivity index (χ4v) is 4.57. The van der Waals surface area contributed by atoms with Gasteiger partial charge < -0.3 is 10.2 Å². The van der Waals surface area contributed by atoms with Crippen LogP contribution in [0.5, 0.6) is 0 Å². The van der Waals surface area contributed by atoms with Crippen LogP contribution in [0.1, 0.15) is 78.0 Å². The zero-order valence-corrected chi connectivity index (χ0v) is 14.8. The fourth-order valence-electron chi connectivity index (χ4n) is 4.57. The Balaban J connectivity index is 0.00000156. The van der Waals surface area contributed by atoms with Gasteiger partial charge in [-0.3, -0.25) is 4.79 Å². The van der Waals surface area contributed by atoms with Crippen LogP contribution in [0.4, 0.5) is 0 Å². The Hall–Kier alpha value is -1.06. The molecule has 1 aliphatic carbocycles. The molecule has 126 valence electrons. The lowest BCUT2D eigenvalue weighted by Gasteiger charge is -2.30. The van der Waals surface area contributed by atoms with Crippen molar-refractivity contribution in [3.63, 3.8) is 0 Å². The third-order valence-electron chi connectivity index (χ3n) is 5.79. The number of fused-ring (bicyclic) bond motifs is 3. The first kappa shape index (κ1) is 16.8.